The lowest BCUT2D eigenvalue weighted by Crippen LogP contribution is -2.29. The first-order valence-electron chi connectivity index (χ1n) is 13.1. The molecule has 0 saturated carbocycles. The van der Waals surface area contributed by atoms with E-state index >= 15 is 0 Å². The highest BCUT2D eigenvalue weighted by Gasteiger charge is 2.17. The lowest BCUT2D eigenvalue weighted by Gasteiger charge is -2.30. The highest BCUT2D eigenvalue weighted by Crippen LogP contribution is 2.36. The van der Waals surface area contributed by atoms with Crippen molar-refractivity contribution in [2.24, 2.45) is 0 Å². The molecule has 0 amide bonds. The molecule has 1 fully saturated rings. The Hall–Kier alpha value is -3.80. The van der Waals surface area contributed by atoms with E-state index in [9.17, 15) is 0 Å². The Bertz CT molecular complexity index is 1370. The number of piperidine rings is 1. The molecule has 1 aliphatic rings. The van der Waals surface area contributed by atoms with E-state index in [2.05, 4.69) is 40.2 Å². The topological polar surface area (TPSA) is 56.7 Å². The van der Waals surface area contributed by atoms with Crippen LogP contribution >= 0.6 is 0 Å². The smallest absolute Gasteiger partial charge is 0.160 e. The van der Waals surface area contributed by atoms with Crippen LogP contribution in [0.2, 0.25) is 0 Å². The number of hydrogen-bond acceptors (Lipinski definition) is 6. The molecule has 0 aliphatic carbocycles. The number of aryl methyl sites for hydroxylation is 2. The quantitative estimate of drug-likeness (QED) is 0.264. The number of rotatable bonds is 9. The fourth-order valence-electron chi connectivity index (χ4n) is 5.16. The van der Waals surface area contributed by atoms with Gasteiger partial charge in [0, 0.05) is 42.3 Å². The maximum Gasteiger partial charge on any atom is 0.160 e. The Kier molecular flexibility index (Phi) is 7.73. The molecule has 3 aromatic carbocycles. The molecule has 37 heavy (non-hydrogen) atoms. The van der Waals surface area contributed by atoms with E-state index in [1.807, 2.05) is 30.5 Å². The monoisotopic (exact) mass is 497 g/mol. The molecule has 6 heteroatoms. The second-order valence-corrected chi connectivity index (χ2v) is 9.53. The Morgan fingerprint density at radius 2 is 1.62 bits per heavy atom. The largest absolute Gasteiger partial charge is 0.497 e. The molecule has 0 bridgehead atoms. The number of anilines is 1. The minimum atomic E-state index is 0.750. The van der Waals surface area contributed by atoms with E-state index in [0.717, 1.165) is 66.7 Å². The van der Waals surface area contributed by atoms with E-state index in [4.69, 9.17) is 19.2 Å². The molecule has 0 unspecified atom stereocenters. The maximum absolute atomic E-state index is 5.54. The van der Waals surface area contributed by atoms with Crippen molar-refractivity contribution in [2.45, 2.75) is 38.5 Å². The van der Waals surface area contributed by atoms with Gasteiger partial charge >= 0.3 is 0 Å². The molecule has 6 nitrogen and oxygen atoms in total. The second-order valence-electron chi connectivity index (χ2n) is 9.53. The van der Waals surface area contributed by atoms with Crippen molar-refractivity contribution >= 4 is 16.5 Å². The zero-order valence-corrected chi connectivity index (χ0v) is 22.0. The van der Waals surface area contributed by atoms with Crippen molar-refractivity contribution in [3.8, 4) is 28.5 Å². The standard InChI is InChI=1S/C31H35N3O3/c1-35-25-12-11-23-19-24(20-28(26(23)21-25)34-16-5-4-6-17-34)27-14-15-32-31(33-27)9-7-8-22-10-13-29(36-2)30(18-22)37-3/h10-15,18-21H,4-9,16-17H2,1-3H3. The van der Waals surface area contributed by atoms with Crippen LogP contribution in [0.1, 0.15) is 37.1 Å². The molecule has 2 heterocycles. The number of hydrogen-bond donors (Lipinski definition) is 0. The van der Waals surface area contributed by atoms with Crippen LogP contribution in [0.25, 0.3) is 22.0 Å². The molecule has 4 aromatic rings. The molecule has 0 atom stereocenters. The van der Waals surface area contributed by atoms with E-state index in [1.165, 1.54) is 41.3 Å². The highest BCUT2D eigenvalue weighted by atomic mass is 16.5. The number of methoxy groups -OCH3 is 3. The fourth-order valence-corrected chi connectivity index (χ4v) is 5.16. The van der Waals surface area contributed by atoms with Crippen LogP contribution in [0.3, 0.4) is 0 Å². The first kappa shape index (κ1) is 24.9. The number of nitrogens with zero attached hydrogens (tertiary/aromatic N) is 3. The van der Waals surface area contributed by atoms with Crippen LogP contribution in [-0.2, 0) is 12.8 Å². The van der Waals surface area contributed by atoms with Crippen molar-refractivity contribution in [3.05, 3.63) is 72.2 Å². The first-order chi connectivity index (χ1) is 18.2. The zero-order valence-electron chi connectivity index (χ0n) is 22.0. The zero-order chi connectivity index (χ0) is 25.6. The molecule has 5 rings (SSSR count). The van der Waals surface area contributed by atoms with Gasteiger partial charge in [0.1, 0.15) is 11.6 Å². The van der Waals surface area contributed by atoms with Gasteiger partial charge in [0.2, 0.25) is 0 Å². The average Bonchev–Trinajstić information content (AvgIpc) is 2.96. The summed E-state index contributed by atoms with van der Waals surface area (Å²) in [7, 11) is 5.05. The number of fused-ring (bicyclic) bond motifs is 1. The minimum Gasteiger partial charge on any atom is -0.497 e. The molecule has 1 aliphatic heterocycles. The van der Waals surface area contributed by atoms with Crippen LogP contribution in [0, 0.1) is 0 Å². The summed E-state index contributed by atoms with van der Waals surface area (Å²) in [4.78, 5) is 12.0. The Morgan fingerprint density at radius 3 is 2.41 bits per heavy atom. The average molecular weight is 498 g/mol. The van der Waals surface area contributed by atoms with Gasteiger partial charge in [0.25, 0.3) is 0 Å². The molecule has 192 valence electrons. The van der Waals surface area contributed by atoms with Gasteiger partial charge in [0.05, 0.1) is 27.0 Å². The lowest BCUT2D eigenvalue weighted by atomic mass is 10.00. The molecular formula is C31H35N3O3. The summed E-state index contributed by atoms with van der Waals surface area (Å²) in [6.07, 6.45) is 8.33. The molecule has 0 radical (unpaired) electrons. The van der Waals surface area contributed by atoms with Gasteiger partial charge in [-0.1, -0.05) is 12.1 Å². The van der Waals surface area contributed by atoms with Gasteiger partial charge in [-0.25, -0.2) is 9.97 Å². The van der Waals surface area contributed by atoms with E-state index in [0.29, 0.717) is 0 Å². The summed E-state index contributed by atoms with van der Waals surface area (Å²) in [5, 5.41) is 2.43. The number of ether oxygens (including phenoxy) is 3. The lowest BCUT2D eigenvalue weighted by molar-refractivity contribution is 0.354. The maximum atomic E-state index is 5.54. The van der Waals surface area contributed by atoms with Crippen molar-refractivity contribution < 1.29 is 14.2 Å². The van der Waals surface area contributed by atoms with Gasteiger partial charge in [-0.15, -0.1) is 0 Å². The third-order valence-electron chi connectivity index (χ3n) is 7.15. The molecule has 1 aromatic heterocycles. The van der Waals surface area contributed by atoms with Crippen LogP contribution in [-0.4, -0.2) is 44.4 Å². The van der Waals surface area contributed by atoms with Crippen LogP contribution in [0.4, 0.5) is 5.69 Å². The Morgan fingerprint density at radius 1 is 0.784 bits per heavy atom. The molecule has 0 N–H and O–H groups in total. The van der Waals surface area contributed by atoms with Gasteiger partial charge in [0.15, 0.2) is 11.5 Å². The SMILES string of the molecule is COc1ccc2cc(-c3ccnc(CCCc4ccc(OC)c(OC)c4)n3)cc(N3CCCCC3)c2c1. The van der Waals surface area contributed by atoms with Gasteiger partial charge in [-0.05, 0) is 85.5 Å². The van der Waals surface area contributed by atoms with Gasteiger partial charge in [-0.2, -0.15) is 0 Å². The summed E-state index contributed by atoms with van der Waals surface area (Å²) < 4.78 is 16.3. The van der Waals surface area contributed by atoms with Crippen molar-refractivity contribution in [1.29, 1.82) is 0 Å². The van der Waals surface area contributed by atoms with E-state index < -0.39 is 0 Å². The first-order valence-corrected chi connectivity index (χ1v) is 13.1. The highest BCUT2D eigenvalue weighted by molar-refractivity contribution is 5.98. The number of aromatic nitrogens is 2. The third-order valence-corrected chi connectivity index (χ3v) is 7.15. The van der Waals surface area contributed by atoms with Crippen LogP contribution < -0.4 is 19.1 Å². The van der Waals surface area contributed by atoms with Gasteiger partial charge < -0.3 is 19.1 Å². The predicted octanol–water partition coefficient (Wildman–Crippen LogP) is 6.49. The predicted molar refractivity (Wildman–Crippen MR) is 149 cm³/mol. The Labute approximate surface area is 219 Å². The van der Waals surface area contributed by atoms with Crippen LogP contribution in [0.5, 0.6) is 17.2 Å². The summed E-state index contributed by atoms with van der Waals surface area (Å²) in [5.41, 5.74) is 4.57. The van der Waals surface area contributed by atoms with E-state index in [1.54, 1.807) is 21.3 Å². The third kappa shape index (κ3) is 5.63. The molecule has 1 saturated heterocycles. The molecule has 0 spiro atoms. The van der Waals surface area contributed by atoms with Crippen molar-refractivity contribution in [3.63, 3.8) is 0 Å². The number of benzene rings is 3. The Balaban J connectivity index is 1.38. The van der Waals surface area contributed by atoms with Crippen LogP contribution in [0.15, 0.2) is 60.8 Å². The van der Waals surface area contributed by atoms with Crippen molar-refractivity contribution in [2.75, 3.05) is 39.3 Å². The second kappa shape index (κ2) is 11.5. The van der Waals surface area contributed by atoms with Crippen molar-refractivity contribution in [1.82, 2.24) is 9.97 Å². The summed E-state index contributed by atoms with van der Waals surface area (Å²) in [6, 6.07) is 19.0. The fraction of sp³-hybridized carbons (Fsp3) is 0.355. The molecular weight excluding hydrogens is 462 g/mol. The summed E-state index contributed by atoms with van der Waals surface area (Å²) in [6.45, 7) is 2.17. The minimum absolute atomic E-state index is 0.750. The summed E-state index contributed by atoms with van der Waals surface area (Å²) in [5.74, 6) is 3.27. The van der Waals surface area contributed by atoms with E-state index in [-0.39, 0.29) is 0 Å². The van der Waals surface area contributed by atoms with Gasteiger partial charge in [-0.3, -0.25) is 0 Å². The normalized spacial score (nSPS) is 13.5. The summed E-state index contributed by atoms with van der Waals surface area (Å²) >= 11 is 0.